The van der Waals surface area contributed by atoms with Crippen LogP contribution in [0.5, 0.6) is 0 Å². The fourth-order valence-corrected chi connectivity index (χ4v) is 3.36. The van der Waals surface area contributed by atoms with Gasteiger partial charge >= 0.3 is 0 Å². The van der Waals surface area contributed by atoms with Crippen LogP contribution in [0, 0.1) is 5.82 Å². The number of methoxy groups -OCH3 is 2. The standard InChI is InChI=1S/C19H24FN3O3/c1-25-12-17(26-2)19(24)23-9-4-3-8-16(23)18-21-11-15(22-18)13-6-5-7-14(20)10-13/h5-7,10-11,16-17H,3-4,8-9,12H2,1-2H3,(H,21,22). The second-order valence-electron chi connectivity index (χ2n) is 6.42. The molecule has 7 heteroatoms. The predicted molar refractivity (Wildman–Crippen MR) is 95.0 cm³/mol. The topological polar surface area (TPSA) is 67.5 Å². The van der Waals surface area contributed by atoms with Crippen LogP contribution in [0.25, 0.3) is 11.3 Å². The third-order valence-corrected chi connectivity index (χ3v) is 4.71. The molecule has 1 aliphatic rings. The van der Waals surface area contributed by atoms with E-state index < -0.39 is 6.10 Å². The Morgan fingerprint density at radius 2 is 2.27 bits per heavy atom. The van der Waals surface area contributed by atoms with E-state index in [4.69, 9.17) is 9.47 Å². The van der Waals surface area contributed by atoms with Crippen LogP contribution in [-0.4, -0.2) is 54.3 Å². The summed E-state index contributed by atoms with van der Waals surface area (Å²) in [5.41, 5.74) is 1.46. The van der Waals surface area contributed by atoms with Gasteiger partial charge in [0.1, 0.15) is 11.6 Å². The Balaban J connectivity index is 1.83. The number of piperidine rings is 1. The Labute approximate surface area is 152 Å². The molecule has 0 radical (unpaired) electrons. The lowest BCUT2D eigenvalue weighted by Gasteiger charge is -2.36. The van der Waals surface area contributed by atoms with Crippen molar-refractivity contribution in [1.82, 2.24) is 14.9 Å². The van der Waals surface area contributed by atoms with Crippen LogP contribution in [0.4, 0.5) is 4.39 Å². The molecule has 3 rings (SSSR count). The van der Waals surface area contributed by atoms with Crippen LogP contribution >= 0.6 is 0 Å². The molecule has 1 N–H and O–H groups in total. The van der Waals surface area contributed by atoms with E-state index in [1.807, 2.05) is 11.0 Å². The first-order chi connectivity index (χ1) is 12.6. The first-order valence-corrected chi connectivity index (χ1v) is 8.77. The van der Waals surface area contributed by atoms with Crippen molar-refractivity contribution in [2.24, 2.45) is 0 Å². The van der Waals surface area contributed by atoms with Gasteiger partial charge in [-0.2, -0.15) is 0 Å². The summed E-state index contributed by atoms with van der Waals surface area (Å²) in [6, 6.07) is 6.20. The first-order valence-electron chi connectivity index (χ1n) is 8.77. The van der Waals surface area contributed by atoms with E-state index in [0.29, 0.717) is 12.4 Å². The summed E-state index contributed by atoms with van der Waals surface area (Å²) in [6.45, 7) is 0.869. The van der Waals surface area contributed by atoms with E-state index >= 15 is 0 Å². The molecule has 1 saturated heterocycles. The predicted octanol–water partition coefficient (Wildman–Crippen LogP) is 2.93. The largest absolute Gasteiger partial charge is 0.381 e. The van der Waals surface area contributed by atoms with E-state index in [1.165, 1.54) is 19.2 Å². The van der Waals surface area contributed by atoms with E-state index in [-0.39, 0.29) is 24.4 Å². The van der Waals surface area contributed by atoms with Crippen LogP contribution in [0.3, 0.4) is 0 Å². The lowest BCUT2D eigenvalue weighted by atomic mass is 10.0. The van der Waals surface area contributed by atoms with Crippen molar-refractivity contribution in [2.75, 3.05) is 27.4 Å². The van der Waals surface area contributed by atoms with Gasteiger partial charge in [0.25, 0.3) is 5.91 Å². The fraction of sp³-hybridized carbons (Fsp3) is 0.474. The molecule has 0 aliphatic carbocycles. The van der Waals surface area contributed by atoms with Crippen molar-refractivity contribution in [3.8, 4) is 11.3 Å². The second-order valence-corrected chi connectivity index (χ2v) is 6.42. The van der Waals surface area contributed by atoms with E-state index in [0.717, 1.165) is 30.5 Å². The van der Waals surface area contributed by atoms with Crippen molar-refractivity contribution >= 4 is 5.91 Å². The highest BCUT2D eigenvalue weighted by Crippen LogP contribution is 2.31. The number of likely N-dealkylation sites (tertiary alicyclic amines) is 1. The summed E-state index contributed by atoms with van der Waals surface area (Å²) in [7, 11) is 3.06. The molecule has 26 heavy (non-hydrogen) atoms. The monoisotopic (exact) mass is 361 g/mol. The molecule has 0 spiro atoms. The maximum atomic E-state index is 13.5. The van der Waals surface area contributed by atoms with Crippen LogP contribution in [-0.2, 0) is 14.3 Å². The number of aromatic amines is 1. The maximum absolute atomic E-state index is 13.5. The molecule has 2 heterocycles. The molecule has 2 unspecified atom stereocenters. The number of imidazole rings is 1. The highest BCUT2D eigenvalue weighted by molar-refractivity contribution is 5.81. The number of ether oxygens (including phenoxy) is 2. The van der Waals surface area contributed by atoms with Gasteiger partial charge in [0, 0.05) is 26.3 Å². The molecule has 1 aromatic carbocycles. The normalized spacial score (nSPS) is 18.7. The van der Waals surface area contributed by atoms with Gasteiger partial charge in [-0.1, -0.05) is 12.1 Å². The Kier molecular flexibility index (Phi) is 6.00. The molecule has 140 valence electrons. The van der Waals surface area contributed by atoms with E-state index in [2.05, 4.69) is 9.97 Å². The Morgan fingerprint density at radius 1 is 1.42 bits per heavy atom. The fourth-order valence-electron chi connectivity index (χ4n) is 3.36. The number of aromatic nitrogens is 2. The zero-order valence-electron chi connectivity index (χ0n) is 15.1. The molecule has 2 atom stereocenters. The van der Waals surface area contributed by atoms with Crippen LogP contribution in [0.1, 0.15) is 31.1 Å². The lowest BCUT2D eigenvalue weighted by molar-refractivity contribution is -0.149. The van der Waals surface area contributed by atoms with Crippen molar-refractivity contribution in [1.29, 1.82) is 0 Å². The second kappa shape index (κ2) is 8.42. The third-order valence-electron chi connectivity index (χ3n) is 4.71. The zero-order chi connectivity index (χ0) is 18.5. The molecule has 1 aromatic heterocycles. The van der Waals surface area contributed by atoms with Crippen LogP contribution in [0.15, 0.2) is 30.5 Å². The van der Waals surface area contributed by atoms with Gasteiger partial charge in [0.05, 0.1) is 24.5 Å². The minimum atomic E-state index is -0.627. The number of hydrogen-bond donors (Lipinski definition) is 1. The van der Waals surface area contributed by atoms with Gasteiger partial charge in [-0.05, 0) is 31.4 Å². The minimum absolute atomic E-state index is 0.0947. The SMILES string of the molecule is COCC(OC)C(=O)N1CCCCC1c1ncc(-c2cccc(F)c2)[nH]1. The van der Waals surface area contributed by atoms with Gasteiger partial charge in [0.15, 0.2) is 6.10 Å². The number of carbonyl (C=O) groups is 1. The minimum Gasteiger partial charge on any atom is -0.381 e. The highest BCUT2D eigenvalue weighted by atomic mass is 19.1. The molecular weight excluding hydrogens is 337 g/mol. The number of carbonyl (C=O) groups excluding carboxylic acids is 1. The van der Waals surface area contributed by atoms with Gasteiger partial charge in [-0.15, -0.1) is 0 Å². The number of nitrogens with zero attached hydrogens (tertiary/aromatic N) is 2. The van der Waals surface area contributed by atoms with Crippen LogP contribution in [0.2, 0.25) is 0 Å². The number of amides is 1. The molecule has 1 amide bonds. The average molecular weight is 361 g/mol. The summed E-state index contributed by atoms with van der Waals surface area (Å²) >= 11 is 0. The molecule has 2 aromatic rings. The summed E-state index contributed by atoms with van der Waals surface area (Å²) in [6.07, 6.45) is 3.85. The number of rotatable bonds is 6. The number of benzene rings is 1. The van der Waals surface area contributed by atoms with Gasteiger partial charge in [0.2, 0.25) is 0 Å². The maximum Gasteiger partial charge on any atom is 0.254 e. The Bertz CT molecular complexity index is 749. The summed E-state index contributed by atoms with van der Waals surface area (Å²) in [5, 5.41) is 0. The third kappa shape index (κ3) is 3.94. The molecule has 6 nitrogen and oxygen atoms in total. The molecule has 1 fully saturated rings. The van der Waals surface area contributed by atoms with E-state index in [9.17, 15) is 9.18 Å². The van der Waals surface area contributed by atoms with E-state index in [1.54, 1.807) is 19.4 Å². The van der Waals surface area contributed by atoms with Gasteiger partial charge < -0.3 is 19.4 Å². The summed E-state index contributed by atoms with van der Waals surface area (Å²) in [5.74, 6) is 0.322. The molecule has 0 bridgehead atoms. The number of halogens is 1. The number of hydrogen-bond acceptors (Lipinski definition) is 4. The number of nitrogens with one attached hydrogen (secondary N) is 1. The van der Waals surface area contributed by atoms with Crippen molar-refractivity contribution in [3.05, 3.63) is 42.1 Å². The molecule has 0 saturated carbocycles. The zero-order valence-corrected chi connectivity index (χ0v) is 15.1. The van der Waals surface area contributed by atoms with Gasteiger partial charge in [-0.25, -0.2) is 9.37 Å². The van der Waals surface area contributed by atoms with Gasteiger partial charge in [-0.3, -0.25) is 4.79 Å². The highest BCUT2D eigenvalue weighted by Gasteiger charge is 2.34. The molecule has 1 aliphatic heterocycles. The Morgan fingerprint density at radius 3 is 3.00 bits per heavy atom. The smallest absolute Gasteiger partial charge is 0.254 e. The average Bonchev–Trinajstić information content (AvgIpc) is 3.15. The molecular formula is C19H24FN3O3. The first kappa shape index (κ1) is 18.5. The van der Waals surface area contributed by atoms with Crippen molar-refractivity contribution < 1.29 is 18.7 Å². The summed E-state index contributed by atoms with van der Waals surface area (Å²) in [4.78, 5) is 22.4. The lowest BCUT2D eigenvalue weighted by Crippen LogP contribution is -2.46. The summed E-state index contributed by atoms with van der Waals surface area (Å²) < 4.78 is 23.8. The number of H-pyrrole nitrogens is 1. The van der Waals surface area contributed by atoms with Crippen LogP contribution < -0.4 is 0 Å². The van der Waals surface area contributed by atoms with Crippen molar-refractivity contribution in [3.63, 3.8) is 0 Å². The quantitative estimate of drug-likeness (QED) is 0.859. The van der Waals surface area contributed by atoms with Crippen molar-refractivity contribution in [2.45, 2.75) is 31.4 Å². The Hall–Kier alpha value is -2.25.